The van der Waals surface area contributed by atoms with Crippen molar-refractivity contribution in [2.45, 2.75) is 27.7 Å². The molecule has 0 amide bonds. The number of thioether (sulfide) groups is 2. The van der Waals surface area contributed by atoms with Gasteiger partial charge in [-0.2, -0.15) is 0 Å². The maximum atomic E-state index is 12.2. The molecule has 15 nitrogen and oxygen atoms in total. The molecule has 9 aromatic rings. The molecule has 3 aromatic heterocycles. The van der Waals surface area contributed by atoms with Crippen molar-refractivity contribution in [3.63, 3.8) is 0 Å². The van der Waals surface area contributed by atoms with E-state index in [2.05, 4.69) is 45.8 Å². The van der Waals surface area contributed by atoms with Crippen molar-refractivity contribution in [1.29, 1.82) is 0 Å². The first-order chi connectivity index (χ1) is 35.6. The van der Waals surface area contributed by atoms with Crippen molar-refractivity contribution in [3.8, 4) is 33.8 Å². The van der Waals surface area contributed by atoms with Gasteiger partial charge in [-0.15, -0.1) is 11.6 Å². The predicted octanol–water partition coefficient (Wildman–Crippen LogP) is 11.8. The fourth-order valence-corrected chi connectivity index (χ4v) is 8.89. The highest BCUT2D eigenvalue weighted by atomic mass is 79.9. The van der Waals surface area contributed by atoms with Crippen LogP contribution in [-0.2, 0) is 17.4 Å². The lowest BCUT2D eigenvalue weighted by atomic mass is 10.1. The fourth-order valence-electron chi connectivity index (χ4n) is 6.48. The largest absolute Gasteiger partial charge is 0.478 e. The first-order valence-electron chi connectivity index (χ1n) is 21.8. The number of benzene rings is 6. The molecule has 0 saturated heterocycles. The van der Waals surface area contributed by atoms with Gasteiger partial charge in [0.25, 0.3) is 16.7 Å². The summed E-state index contributed by atoms with van der Waals surface area (Å²) in [7, 11) is 0. The lowest BCUT2D eigenvalue weighted by molar-refractivity contribution is 0.0686. The number of aromatic carboxylic acids is 3. The molecule has 0 aliphatic heterocycles. The number of hydrogen-bond donors (Lipinski definition) is 7. The van der Waals surface area contributed by atoms with E-state index < -0.39 is 17.9 Å². The van der Waals surface area contributed by atoms with Gasteiger partial charge in [0.15, 0.2) is 15.1 Å². The van der Waals surface area contributed by atoms with Gasteiger partial charge in [-0.1, -0.05) is 151 Å². The van der Waals surface area contributed by atoms with Crippen molar-refractivity contribution < 1.29 is 29.7 Å². The van der Waals surface area contributed by atoms with E-state index in [-0.39, 0.29) is 33.4 Å². The lowest BCUT2D eigenvalue weighted by Crippen LogP contribution is -2.11. The Morgan fingerprint density at radius 1 is 0.514 bits per heavy atom. The summed E-state index contributed by atoms with van der Waals surface area (Å²) in [5.74, 6) is -1.48. The van der Waals surface area contributed by atoms with E-state index in [4.69, 9.17) is 39.1 Å². The van der Waals surface area contributed by atoms with Gasteiger partial charge in [-0.3, -0.25) is 19.4 Å². The molecule has 0 atom stereocenters. The highest BCUT2D eigenvalue weighted by Gasteiger charge is 2.13. The van der Waals surface area contributed by atoms with Crippen LogP contribution in [0.5, 0.6) is 0 Å². The van der Waals surface area contributed by atoms with E-state index in [1.54, 1.807) is 60.7 Å². The number of halogens is 2. The molecule has 6 aromatic carbocycles. The van der Waals surface area contributed by atoms with E-state index in [1.165, 1.54) is 35.7 Å². The van der Waals surface area contributed by atoms with Gasteiger partial charge in [-0.25, -0.2) is 24.4 Å². The fraction of sp³-hybridized carbons (Fsp3) is 0.0556. The molecule has 0 saturated carbocycles. The smallest absolute Gasteiger partial charge is 0.335 e. The minimum absolute atomic E-state index is 0.187. The number of nitrogens with one attached hydrogen (secondary N) is 4. The van der Waals surface area contributed by atoms with Gasteiger partial charge in [0.05, 0.1) is 33.8 Å². The molecule has 0 aliphatic rings. The zero-order valence-electron chi connectivity index (χ0n) is 38.5. The average Bonchev–Trinajstić information content (AvgIpc) is 3.41. The van der Waals surface area contributed by atoms with Crippen LogP contribution >= 0.6 is 63.3 Å². The summed E-state index contributed by atoms with van der Waals surface area (Å²) in [6.07, 6.45) is 0. The van der Waals surface area contributed by atoms with Gasteiger partial charge < -0.3 is 30.3 Å². The Bertz CT molecular complexity index is 3590. The predicted molar refractivity (Wildman–Crippen MR) is 295 cm³/mol. The minimum Gasteiger partial charge on any atom is -0.478 e. The van der Waals surface area contributed by atoms with E-state index in [9.17, 15) is 28.8 Å². The molecule has 7 N–H and O–H groups in total. The number of nitrogens with zero attached hydrogens (tertiary/aromatic N) is 2. The molecule has 0 unspecified atom stereocenters. The Labute approximate surface area is 449 Å². The van der Waals surface area contributed by atoms with E-state index in [0.29, 0.717) is 48.3 Å². The zero-order valence-corrected chi connectivity index (χ0v) is 43.3. The summed E-state index contributed by atoms with van der Waals surface area (Å²) in [5.41, 5.74) is 7.21. The molecule has 374 valence electrons. The van der Waals surface area contributed by atoms with Gasteiger partial charge in [0.1, 0.15) is 4.47 Å². The van der Waals surface area contributed by atoms with Crippen LogP contribution in [0.4, 0.5) is 0 Å². The van der Waals surface area contributed by atoms with E-state index in [0.717, 1.165) is 39.1 Å². The number of aromatic amines is 4. The lowest BCUT2D eigenvalue weighted by Gasteiger charge is -2.07. The summed E-state index contributed by atoms with van der Waals surface area (Å²) in [4.78, 5) is 87.4. The number of carboxylic acid groups (broad SMARTS) is 3. The second kappa shape index (κ2) is 27.8. The zero-order chi connectivity index (χ0) is 53.0. The SMILES string of the molecule is O=C(O)c1cccc(CCl)c1.O=C(O)c1cccc(CSc2nc(-c3ccccc3)c(Br)c(=O)[nH]2)c1.O=C(O)c1cccc(CSc2nc(-c3ccccc3)cc(=O)[nH]2)c1.O=c1cc(-c2ccccc2)[nH]c(=S)[nH]1. The monoisotopic (exact) mass is 1130 g/mol. The van der Waals surface area contributed by atoms with E-state index in [1.807, 2.05) is 103 Å². The quantitative estimate of drug-likeness (QED) is 0.0245. The van der Waals surface area contributed by atoms with Crippen LogP contribution in [0, 0.1) is 4.77 Å². The van der Waals surface area contributed by atoms with Crippen molar-refractivity contribution in [3.05, 3.63) is 250 Å². The van der Waals surface area contributed by atoms with Crippen molar-refractivity contribution in [2.24, 2.45) is 0 Å². The Kier molecular flexibility index (Phi) is 20.8. The van der Waals surface area contributed by atoms with Crippen LogP contribution in [0.2, 0.25) is 0 Å². The third-order valence-electron chi connectivity index (χ3n) is 9.95. The second-order valence-corrected chi connectivity index (χ2v) is 18.7. The molecular formula is C54H42BrClN6O9S3. The molecular weight excluding hydrogens is 1090 g/mol. The third-order valence-corrected chi connectivity index (χ3v) is 13.1. The highest BCUT2D eigenvalue weighted by Crippen LogP contribution is 2.27. The third kappa shape index (κ3) is 17.1. The van der Waals surface area contributed by atoms with Gasteiger partial charge in [0.2, 0.25) is 0 Å². The normalized spacial score (nSPS) is 10.3. The summed E-state index contributed by atoms with van der Waals surface area (Å²) in [6, 6.07) is 51.4. The maximum Gasteiger partial charge on any atom is 0.335 e. The minimum atomic E-state index is -0.964. The van der Waals surface area contributed by atoms with E-state index >= 15 is 0 Å². The van der Waals surface area contributed by atoms with Crippen LogP contribution in [-0.4, -0.2) is 63.1 Å². The molecule has 74 heavy (non-hydrogen) atoms. The van der Waals surface area contributed by atoms with Crippen molar-refractivity contribution in [1.82, 2.24) is 29.9 Å². The van der Waals surface area contributed by atoms with Crippen LogP contribution in [0.15, 0.2) is 205 Å². The first-order valence-corrected chi connectivity index (χ1v) is 25.6. The standard InChI is InChI=1S/C18H13BrN2O3S.C18H14N2O3S.C10H8N2OS.C8H7ClO2/c19-14-15(12-6-2-1-3-7-12)20-18(21-16(14)22)25-10-11-5-4-8-13(9-11)17(23)24;21-16-10-15(13-6-2-1-3-7-13)19-18(20-16)24-11-12-5-4-8-14(9-12)17(22)23;13-9-6-8(11-10(14)12-9)7-4-2-1-3-5-7;9-5-6-2-1-3-7(4-6)8(10)11/h1-9H,10H2,(H,23,24)(H,20,21,22);1-10H,11H2,(H,22,23)(H,19,20,21);1-6H,(H2,11,12,13,14);1-4H,5H2,(H,10,11). The molecule has 0 fully saturated rings. The second-order valence-electron chi connectivity index (χ2n) is 15.3. The van der Waals surface area contributed by atoms with Crippen LogP contribution in [0.1, 0.15) is 47.8 Å². The number of H-pyrrole nitrogens is 4. The van der Waals surface area contributed by atoms with Gasteiger partial charge >= 0.3 is 17.9 Å². The Morgan fingerprint density at radius 2 is 0.959 bits per heavy atom. The number of rotatable bonds is 13. The molecule has 0 radical (unpaired) electrons. The summed E-state index contributed by atoms with van der Waals surface area (Å²) in [5, 5.41) is 27.6. The number of alkyl halides is 1. The highest BCUT2D eigenvalue weighted by molar-refractivity contribution is 9.10. The Morgan fingerprint density at radius 3 is 1.45 bits per heavy atom. The number of aromatic nitrogens is 6. The molecule has 0 bridgehead atoms. The van der Waals surface area contributed by atoms with Crippen LogP contribution in [0.25, 0.3) is 33.8 Å². The Balaban J connectivity index is 0.000000169. The topological polar surface area (TPSA) is 252 Å². The molecule has 9 rings (SSSR count). The van der Waals surface area contributed by atoms with Crippen molar-refractivity contribution in [2.75, 3.05) is 0 Å². The number of hydrogen-bond acceptors (Lipinski definition) is 11. The molecule has 20 heteroatoms. The first kappa shape index (κ1) is 55.4. The summed E-state index contributed by atoms with van der Waals surface area (Å²) >= 11 is 16.4. The number of carbonyl (C=O) groups is 3. The maximum absolute atomic E-state index is 12.2. The van der Waals surface area contributed by atoms with Crippen LogP contribution < -0.4 is 16.7 Å². The van der Waals surface area contributed by atoms with Gasteiger partial charge in [0, 0.05) is 40.6 Å². The Hall–Kier alpha value is -7.94. The van der Waals surface area contributed by atoms with Gasteiger partial charge in [-0.05, 0) is 86.8 Å². The number of carboxylic acids is 3. The van der Waals surface area contributed by atoms with Crippen molar-refractivity contribution >= 4 is 81.2 Å². The molecule has 0 spiro atoms. The summed E-state index contributed by atoms with van der Waals surface area (Å²) < 4.78 is 0.729. The average molecular weight is 1130 g/mol. The summed E-state index contributed by atoms with van der Waals surface area (Å²) in [6.45, 7) is 0. The van der Waals surface area contributed by atoms with Crippen LogP contribution in [0.3, 0.4) is 0 Å². The molecule has 0 aliphatic carbocycles. The molecule has 3 heterocycles.